The van der Waals surface area contributed by atoms with Crippen LogP contribution in [0.3, 0.4) is 0 Å². The maximum Gasteiger partial charge on any atom is 0.213 e. The Labute approximate surface area is 224 Å². The third kappa shape index (κ3) is 7.96. The fourth-order valence-corrected chi connectivity index (χ4v) is 3.82. The molecule has 6 nitrogen and oxygen atoms in total. The molecule has 0 saturated heterocycles. The summed E-state index contributed by atoms with van der Waals surface area (Å²) in [4.78, 5) is 4.44. The predicted octanol–water partition coefficient (Wildman–Crippen LogP) is 6.68. The average Bonchev–Trinajstić information content (AvgIpc) is 3.40. The Morgan fingerprint density at radius 3 is 2.47 bits per heavy atom. The number of pyridine rings is 1. The summed E-state index contributed by atoms with van der Waals surface area (Å²) in [6, 6.07) is 24.1. The summed E-state index contributed by atoms with van der Waals surface area (Å²) in [6.07, 6.45) is 9.87. The Morgan fingerprint density at radius 2 is 1.76 bits per heavy atom. The number of hydrogen-bond acceptors (Lipinski definition) is 6. The molecule has 2 N–H and O–H groups in total. The van der Waals surface area contributed by atoms with E-state index in [1.807, 2.05) is 73.7 Å². The fraction of sp³-hybridized carbons (Fsp3) is 0.188. The van der Waals surface area contributed by atoms with Crippen LogP contribution in [0.2, 0.25) is 0 Å². The van der Waals surface area contributed by atoms with E-state index >= 15 is 0 Å². The van der Waals surface area contributed by atoms with E-state index in [-0.39, 0.29) is 0 Å². The van der Waals surface area contributed by atoms with Gasteiger partial charge in [-0.25, -0.2) is 4.98 Å². The summed E-state index contributed by atoms with van der Waals surface area (Å²) >= 11 is 0. The molecule has 0 aliphatic carbocycles. The van der Waals surface area contributed by atoms with E-state index in [4.69, 9.17) is 19.7 Å². The molecule has 4 rings (SSSR count). The largest absolute Gasteiger partial charge is 0.489 e. The molecule has 4 aromatic rings. The first-order valence-corrected chi connectivity index (χ1v) is 12.7. The standard InChI is InChI=1S/C32H33N3O3/c1-3-4-12-30(24(2)33)31-21-28(35-38-31)20-27-15-18-32(34-22-27)36-19-8-11-25-13-16-29(17-14-25)37-23-26-9-6-5-7-10-26/h3-7,9-10,12-18,21-22H,2,8,11,19-20,23,33H2,1H3/b4-3-,30-12+. The van der Waals surface area contributed by atoms with Gasteiger partial charge in [-0.3, -0.25) is 0 Å². The second-order valence-corrected chi connectivity index (χ2v) is 8.87. The third-order valence-electron chi connectivity index (χ3n) is 5.84. The van der Waals surface area contributed by atoms with Crippen LogP contribution < -0.4 is 15.2 Å². The highest BCUT2D eigenvalue weighted by molar-refractivity contribution is 5.75. The molecule has 38 heavy (non-hydrogen) atoms. The number of allylic oxidation sites excluding steroid dienone is 4. The van der Waals surface area contributed by atoms with Crippen molar-refractivity contribution >= 4 is 5.57 Å². The summed E-state index contributed by atoms with van der Waals surface area (Å²) in [6.45, 7) is 6.91. The van der Waals surface area contributed by atoms with Crippen LogP contribution in [0, 0.1) is 0 Å². The monoisotopic (exact) mass is 507 g/mol. The van der Waals surface area contributed by atoms with E-state index < -0.39 is 0 Å². The van der Waals surface area contributed by atoms with Crippen molar-refractivity contribution < 1.29 is 14.0 Å². The second kappa shape index (κ2) is 13.7. The first-order valence-electron chi connectivity index (χ1n) is 12.7. The number of aromatic nitrogens is 2. The van der Waals surface area contributed by atoms with E-state index in [1.165, 1.54) is 5.56 Å². The van der Waals surface area contributed by atoms with Crippen LogP contribution >= 0.6 is 0 Å². The summed E-state index contributed by atoms with van der Waals surface area (Å²) in [5.74, 6) is 2.07. The zero-order chi connectivity index (χ0) is 26.6. The van der Waals surface area contributed by atoms with Gasteiger partial charge >= 0.3 is 0 Å². The lowest BCUT2D eigenvalue weighted by Gasteiger charge is -2.08. The highest BCUT2D eigenvalue weighted by atomic mass is 16.5. The number of rotatable bonds is 13. The third-order valence-corrected chi connectivity index (χ3v) is 5.84. The van der Waals surface area contributed by atoms with Crippen LogP contribution in [0.1, 0.15) is 41.5 Å². The maximum absolute atomic E-state index is 5.89. The SMILES string of the molecule is C=C(N)/C(=C\C=C/C)c1cc(Cc2ccc(OCCCc3ccc(OCc4ccccc4)cc3)nc2)no1. The van der Waals surface area contributed by atoms with E-state index in [1.54, 1.807) is 6.20 Å². The number of benzene rings is 2. The number of nitrogens with two attached hydrogens (primary N) is 1. The molecule has 0 bridgehead atoms. The fourth-order valence-electron chi connectivity index (χ4n) is 3.82. The van der Waals surface area contributed by atoms with Crippen LogP contribution in [0.4, 0.5) is 0 Å². The minimum absolute atomic E-state index is 0.429. The van der Waals surface area contributed by atoms with Crippen molar-refractivity contribution in [3.8, 4) is 11.6 Å². The van der Waals surface area contributed by atoms with Crippen molar-refractivity contribution in [2.45, 2.75) is 32.8 Å². The highest BCUT2D eigenvalue weighted by Gasteiger charge is 2.11. The van der Waals surface area contributed by atoms with E-state index in [0.29, 0.717) is 37.0 Å². The van der Waals surface area contributed by atoms with Gasteiger partial charge in [0.15, 0.2) is 5.76 Å². The lowest BCUT2D eigenvalue weighted by atomic mass is 10.1. The molecular formula is C32H33N3O3. The topological polar surface area (TPSA) is 83.4 Å². The second-order valence-electron chi connectivity index (χ2n) is 8.87. The normalized spacial score (nSPS) is 11.6. The van der Waals surface area contributed by atoms with E-state index in [9.17, 15) is 0 Å². The van der Waals surface area contributed by atoms with Crippen molar-refractivity contribution in [3.63, 3.8) is 0 Å². The zero-order valence-electron chi connectivity index (χ0n) is 21.7. The molecule has 194 valence electrons. The summed E-state index contributed by atoms with van der Waals surface area (Å²) in [5, 5.41) is 4.16. The lowest BCUT2D eigenvalue weighted by Crippen LogP contribution is -2.01. The van der Waals surface area contributed by atoms with Crippen molar-refractivity contribution in [1.82, 2.24) is 10.1 Å². The maximum atomic E-state index is 5.89. The van der Waals surface area contributed by atoms with Crippen molar-refractivity contribution in [2.24, 2.45) is 5.73 Å². The molecule has 0 fully saturated rings. The Kier molecular flexibility index (Phi) is 9.51. The summed E-state index contributed by atoms with van der Waals surface area (Å²) in [5.41, 5.74) is 11.2. The molecule has 0 saturated carbocycles. The molecule has 0 spiro atoms. The predicted molar refractivity (Wildman–Crippen MR) is 151 cm³/mol. The van der Waals surface area contributed by atoms with E-state index in [2.05, 4.69) is 41.0 Å². The van der Waals surface area contributed by atoms with Gasteiger partial charge in [-0.2, -0.15) is 0 Å². The van der Waals surface area contributed by atoms with Crippen molar-refractivity contribution in [2.75, 3.05) is 6.61 Å². The first-order chi connectivity index (χ1) is 18.6. The minimum Gasteiger partial charge on any atom is -0.489 e. The first kappa shape index (κ1) is 26.5. The van der Waals surface area contributed by atoms with Gasteiger partial charge in [0.05, 0.1) is 12.3 Å². The Bertz CT molecular complexity index is 1360. The Balaban J connectivity index is 1.19. The van der Waals surface area contributed by atoms with Crippen LogP contribution in [0.5, 0.6) is 11.6 Å². The molecule has 0 amide bonds. The Hall–Kier alpha value is -4.58. The average molecular weight is 508 g/mol. The molecule has 0 radical (unpaired) electrons. The summed E-state index contributed by atoms with van der Waals surface area (Å²) < 4.78 is 17.2. The van der Waals surface area contributed by atoms with Crippen LogP contribution in [0.15, 0.2) is 114 Å². The van der Waals surface area contributed by atoms with Gasteiger partial charge in [0, 0.05) is 36.0 Å². The molecule has 2 aromatic carbocycles. The molecule has 0 unspecified atom stereocenters. The number of aryl methyl sites for hydroxylation is 1. The molecular weight excluding hydrogens is 474 g/mol. The molecule has 2 heterocycles. The van der Waals surface area contributed by atoms with Gasteiger partial charge in [0.1, 0.15) is 12.4 Å². The highest BCUT2D eigenvalue weighted by Crippen LogP contribution is 2.22. The molecule has 6 heteroatoms. The van der Waals surface area contributed by atoms with Crippen LogP contribution in [-0.2, 0) is 19.4 Å². The number of hydrogen-bond donors (Lipinski definition) is 1. The lowest BCUT2D eigenvalue weighted by molar-refractivity contribution is 0.299. The van der Waals surface area contributed by atoms with Gasteiger partial charge in [-0.15, -0.1) is 0 Å². The van der Waals surface area contributed by atoms with Gasteiger partial charge in [0.25, 0.3) is 0 Å². The Morgan fingerprint density at radius 1 is 0.974 bits per heavy atom. The number of ether oxygens (including phenoxy) is 2. The van der Waals surface area contributed by atoms with Crippen LogP contribution in [-0.4, -0.2) is 16.7 Å². The van der Waals surface area contributed by atoms with Crippen molar-refractivity contribution in [3.05, 3.63) is 138 Å². The minimum atomic E-state index is 0.429. The van der Waals surface area contributed by atoms with Gasteiger partial charge in [0.2, 0.25) is 5.88 Å². The number of nitrogens with zero attached hydrogens (tertiary/aromatic N) is 2. The quantitative estimate of drug-likeness (QED) is 0.160. The molecule has 0 aliphatic rings. The van der Waals surface area contributed by atoms with E-state index in [0.717, 1.165) is 41.0 Å². The smallest absolute Gasteiger partial charge is 0.213 e. The zero-order valence-corrected chi connectivity index (χ0v) is 21.7. The molecule has 0 atom stereocenters. The molecule has 2 aromatic heterocycles. The molecule has 0 aliphatic heterocycles. The van der Waals surface area contributed by atoms with Crippen molar-refractivity contribution in [1.29, 1.82) is 0 Å². The summed E-state index contributed by atoms with van der Waals surface area (Å²) in [7, 11) is 0. The van der Waals surface area contributed by atoms with Gasteiger partial charge in [-0.1, -0.05) is 72.4 Å². The van der Waals surface area contributed by atoms with Crippen LogP contribution in [0.25, 0.3) is 5.57 Å². The van der Waals surface area contributed by atoms with Gasteiger partial charge < -0.3 is 19.7 Å². The van der Waals surface area contributed by atoms with Gasteiger partial charge in [-0.05, 0) is 54.7 Å².